The van der Waals surface area contributed by atoms with Gasteiger partial charge in [-0.2, -0.15) is 0 Å². The van der Waals surface area contributed by atoms with Crippen molar-refractivity contribution in [1.29, 1.82) is 0 Å². The van der Waals surface area contributed by atoms with Crippen molar-refractivity contribution in [3.63, 3.8) is 0 Å². The molecule has 0 heterocycles. The number of aliphatic carboxylic acids is 1. The fraction of sp³-hybridized carbons (Fsp3) is 0.562. The quantitative estimate of drug-likeness (QED) is 0.857. The Morgan fingerprint density at radius 3 is 2.16 bits per heavy atom. The van der Waals surface area contributed by atoms with Crippen LogP contribution in [0.4, 0.5) is 0 Å². The highest BCUT2D eigenvalue weighted by Gasteiger charge is 2.21. The minimum Gasteiger partial charge on any atom is -0.479 e. The lowest BCUT2D eigenvalue weighted by Gasteiger charge is -2.18. The molecule has 19 heavy (non-hydrogen) atoms. The summed E-state index contributed by atoms with van der Waals surface area (Å²) in [5, 5.41) is 9.26. The second-order valence-electron chi connectivity index (χ2n) is 5.64. The van der Waals surface area contributed by atoms with Crippen LogP contribution in [0.15, 0.2) is 12.1 Å². The van der Waals surface area contributed by atoms with Gasteiger partial charge in [0.1, 0.15) is 0 Å². The molecule has 0 amide bonds. The fourth-order valence-corrected chi connectivity index (χ4v) is 2.24. The third-order valence-corrected chi connectivity index (χ3v) is 3.14. The van der Waals surface area contributed by atoms with Gasteiger partial charge in [0.15, 0.2) is 6.10 Å². The molecule has 3 heteroatoms. The van der Waals surface area contributed by atoms with Gasteiger partial charge in [-0.15, -0.1) is 0 Å². The summed E-state index contributed by atoms with van der Waals surface area (Å²) < 4.78 is 5.51. The number of rotatable bonds is 6. The highest BCUT2D eigenvalue weighted by Crippen LogP contribution is 2.19. The molecular formula is C16H24O3. The maximum absolute atomic E-state index is 11.3. The molecule has 0 spiro atoms. The summed E-state index contributed by atoms with van der Waals surface area (Å²) in [6.07, 6.45) is -0.331. The zero-order valence-corrected chi connectivity index (χ0v) is 12.5. The van der Waals surface area contributed by atoms with Crippen molar-refractivity contribution in [2.45, 2.75) is 47.1 Å². The number of carbonyl (C=O) groups is 1. The number of benzene rings is 1. The summed E-state index contributed by atoms with van der Waals surface area (Å²) in [5.41, 5.74) is 4.56. The van der Waals surface area contributed by atoms with Crippen molar-refractivity contribution in [3.05, 3.63) is 34.4 Å². The largest absolute Gasteiger partial charge is 0.479 e. The first-order chi connectivity index (χ1) is 8.81. The second kappa shape index (κ2) is 6.71. The lowest BCUT2D eigenvalue weighted by molar-refractivity contribution is -0.150. The molecule has 1 aromatic rings. The molecule has 0 aromatic heterocycles. The second-order valence-corrected chi connectivity index (χ2v) is 5.64. The van der Waals surface area contributed by atoms with E-state index in [0.717, 1.165) is 16.7 Å². The number of aryl methyl sites for hydroxylation is 3. The number of hydrogen-bond acceptors (Lipinski definition) is 2. The van der Waals surface area contributed by atoms with Crippen LogP contribution in [0.2, 0.25) is 0 Å². The average molecular weight is 264 g/mol. The predicted molar refractivity (Wildman–Crippen MR) is 76.6 cm³/mol. The van der Waals surface area contributed by atoms with E-state index < -0.39 is 12.1 Å². The topological polar surface area (TPSA) is 46.5 Å². The molecule has 3 nitrogen and oxygen atoms in total. The van der Waals surface area contributed by atoms with Crippen LogP contribution in [-0.2, 0) is 16.0 Å². The van der Waals surface area contributed by atoms with E-state index in [1.54, 1.807) is 0 Å². The lowest BCUT2D eigenvalue weighted by Crippen LogP contribution is -2.28. The predicted octanol–water partition coefficient (Wildman–Crippen LogP) is 3.28. The molecule has 0 aliphatic rings. The Balaban J connectivity index is 2.88. The summed E-state index contributed by atoms with van der Waals surface area (Å²) in [4.78, 5) is 11.3. The van der Waals surface area contributed by atoms with Crippen LogP contribution in [0.5, 0.6) is 0 Å². The highest BCUT2D eigenvalue weighted by molar-refractivity contribution is 5.73. The molecule has 0 saturated heterocycles. The van der Waals surface area contributed by atoms with Crippen molar-refractivity contribution in [2.75, 3.05) is 6.61 Å². The monoisotopic (exact) mass is 264 g/mol. The van der Waals surface area contributed by atoms with Crippen LogP contribution in [-0.4, -0.2) is 23.8 Å². The van der Waals surface area contributed by atoms with E-state index >= 15 is 0 Å². The molecule has 1 N–H and O–H groups in total. The van der Waals surface area contributed by atoms with Crippen LogP contribution in [0.25, 0.3) is 0 Å². The van der Waals surface area contributed by atoms with Gasteiger partial charge in [-0.1, -0.05) is 31.5 Å². The van der Waals surface area contributed by atoms with Gasteiger partial charge in [-0.3, -0.25) is 0 Å². The fourth-order valence-electron chi connectivity index (χ4n) is 2.24. The minimum absolute atomic E-state index is 0.335. The van der Waals surface area contributed by atoms with Crippen molar-refractivity contribution in [1.82, 2.24) is 0 Å². The van der Waals surface area contributed by atoms with Gasteiger partial charge in [-0.05, 0) is 43.4 Å². The Labute approximate surface area is 115 Å². The average Bonchev–Trinajstić information content (AvgIpc) is 2.25. The van der Waals surface area contributed by atoms with Gasteiger partial charge >= 0.3 is 5.97 Å². The Morgan fingerprint density at radius 2 is 1.74 bits per heavy atom. The summed E-state index contributed by atoms with van der Waals surface area (Å²) in [6, 6.07) is 4.17. The first kappa shape index (κ1) is 15.7. The maximum Gasteiger partial charge on any atom is 0.333 e. The van der Waals surface area contributed by atoms with Crippen molar-refractivity contribution < 1.29 is 14.6 Å². The summed E-state index contributed by atoms with van der Waals surface area (Å²) in [6.45, 7) is 10.6. The molecule has 0 bridgehead atoms. The van der Waals surface area contributed by atoms with Gasteiger partial charge in [0, 0.05) is 6.42 Å². The molecule has 0 fully saturated rings. The normalized spacial score (nSPS) is 12.7. The van der Waals surface area contributed by atoms with Crippen molar-refractivity contribution in [3.8, 4) is 0 Å². The summed E-state index contributed by atoms with van der Waals surface area (Å²) in [5.74, 6) is -0.554. The van der Waals surface area contributed by atoms with E-state index in [1.165, 1.54) is 5.56 Å². The molecule has 106 valence electrons. The first-order valence-corrected chi connectivity index (χ1v) is 6.72. The van der Waals surface area contributed by atoms with Crippen molar-refractivity contribution in [2.24, 2.45) is 5.92 Å². The third-order valence-electron chi connectivity index (χ3n) is 3.14. The van der Waals surface area contributed by atoms with Gasteiger partial charge in [-0.25, -0.2) is 4.79 Å². The van der Waals surface area contributed by atoms with E-state index in [0.29, 0.717) is 18.9 Å². The number of hydrogen-bond donors (Lipinski definition) is 1. The lowest BCUT2D eigenvalue weighted by atomic mass is 9.95. The zero-order chi connectivity index (χ0) is 14.6. The molecule has 0 aliphatic carbocycles. The van der Waals surface area contributed by atoms with Crippen LogP contribution < -0.4 is 0 Å². The van der Waals surface area contributed by atoms with Gasteiger partial charge < -0.3 is 9.84 Å². The Morgan fingerprint density at radius 1 is 1.21 bits per heavy atom. The standard InChI is InChI=1S/C16H24O3/c1-10(2)9-19-15(16(17)18)8-14-12(4)6-11(3)7-13(14)5/h6-7,10,15H,8-9H2,1-5H3,(H,17,18)/t15-/m1/s1. The summed E-state index contributed by atoms with van der Waals surface area (Å²) >= 11 is 0. The van der Waals surface area contributed by atoms with Crippen LogP contribution >= 0.6 is 0 Å². The maximum atomic E-state index is 11.3. The molecule has 0 radical (unpaired) electrons. The number of carboxylic acid groups (broad SMARTS) is 1. The molecule has 0 saturated carbocycles. The van der Waals surface area contributed by atoms with E-state index in [1.807, 2.05) is 34.6 Å². The van der Waals surface area contributed by atoms with E-state index in [-0.39, 0.29) is 0 Å². The van der Waals surface area contributed by atoms with Crippen molar-refractivity contribution >= 4 is 5.97 Å². The molecular weight excluding hydrogens is 240 g/mol. The van der Waals surface area contributed by atoms with E-state index in [2.05, 4.69) is 12.1 Å². The molecule has 1 rings (SSSR count). The third kappa shape index (κ3) is 4.67. The minimum atomic E-state index is -0.889. The highest BCUT2D eigenvalue weighted by atomic mass is 16.5. The number of carboxylic acids is 1. The molecule has 1 atom stereocenters. The smallest absolute Gasteiger partial charge is 0.333 e. The molecule has 1 aromatic carbocycles. The Hall–Kier alpha value is -1.35. The zero-order valence-electron chi connectivity index (χ0n) is 12.5. The SMILES string of the molecule is Cc1cc(C)c(C[C@@H](OCC(C)C)C(=O)O)c(C)c1. The van der Waals surface area contributed by atoms with Crippen LogP contribution in [0.1, 0.15) is 36.1 Å². The Kier molecular flexibility index (Phi) is 5.55. The Bertz CT molecular complexity index is 426. The van der Waals surface area contributed by atoms with Gasteiger partial charge in [0.25, 0.3) is 0 Å². The first-order valence-electron chi connectivity index (χ1n) is 6.72. The van der Waals surface area contributed by atoms with Crippen LogP contribution in [0.3, 0.4) is 0 Å². The van der Waals surface area contributed by atoms with E-state index in [4.69, 9.17) is 4.74 Å². The van der Waals surface area contributed by atoms with E-state index in [9.17, 15) is 9.90 Å². The van der Waals surface area contributed by atoms with Crippen LogP contribution in [0, 0.1) is 26.7 Å². The van der Waals surface area contributed by atoms with Gasteiger partial charge in [0.05, 0.1) is 6.61 Å². The summed E-state index contributed by atoms with van der Waals surface area (Å²) in [7, 11) is 0. The molecule has 0 unspecified atom stereocenters. The van der Waals surface area contributed by atoms with Gasteiger partial charge in [0.2, 0.25) is 0 Å². The number of ether oxygens (including phenoxy) is 1. The molecule has 0 aliphatic heterocycles.